The third-order valence-electron chi connectivity index (χ3n) is 2.61. The lowest BCUT2D eigenvalue weighted by Gasteiger charge is -2.10. The Hall–Kier alpha value is -0.720. The maximum Gasteiger partial charge on any atom is 0.0531 e. The normalized spacial score (nSPS) is 10.2. The molecule has 0 aliphatic carbocycles. The van der Waals surface area contributed by atoms with Crippen molar-refractivity contribution < 1.29 is 0 Å². The molecule has 0 saturated heterocycles. The molecule has 0 spiro atoms. The summed E-state index contributed by atoms with van der Waals surface area (Å²) in [5.74, 6) is 0. The van der Waals surface area contributed by atoms with Crippen LogP contribution in [0.1, 0.15) is 45.4 Å². The van der Waals surface area contributed by atoms with Gasteiger partial charge in [0.1, 0.15) is 0 Å². The van der Waals surface area contributed by atoms with Gasteiger partial charge >= 0.3 is 0 Å². The van der Waals surface area contributed by atoms with Crippen molar-refractivity contribution in [3.63, 3.8) is 0 Å². The quantitative estimate of drug-likeness (QED) is 0.453. The molecule has 1 N–H and O–H groups in total. The maximum absolute atomic E-state index is 3.73. The third-order valence-corrected chi connectivity index (χ3v) is 2.61. The van der Waals surface area contributed by atoms with Crippen LogP contribution in [0.5, 0.6) is 0 Å². The maximum atomic E-state index is 3.73. The molecule has 94 valence electrons. The molecule has 0 heterocycles. The fraction of sp³-hybridized carbons (Fsp3) is 0.786. The molecule has 0 bridgehead atoms. The highest BCUT2D eigenvalue weighted by Gasteiger charge is 1.96. The van der Waals surface area contributed by atoms with Crippen LogP contribution >= 0.6 is 0 Å². The first-order valence-corrected chi connectivity index (χ1v) is 6.48. The molecule has 0 rings (SSSR count). The zero-order chi connectivity index (χ0) is 12.2. The van der Waals surface area contributed by atoms with Crippen LogP contribution in [0.15, 0.2) is 18.0 Å². The number of nitrogens with one attached hydrogen (secondary N) is 1. The van der Waals surface area contributed by atoms with E-state index >= 15 is 0 Å². The molecule has 0 amide bonds. The van der Waals surface area contributed by atoms with Crippen molar-refractivity contribution >= 4 is 0 Å². The molecular weight excluding hydrogens is 196 g/mol. The van der Waals surface area contributed by atoms with Crippen LogP contribution in [0.25, 0.3) is 0 Å². The Bertz CT molecular complexity index is 203. The summed E-state index contributed by atoms with van der Waals surface area (Å²) in [6.07, 6.45) is 7.38. The zero-order valence-electron chi connectivity index (χ0n) is 11.3. The molecule has 0 aromatic carbocycles. The van der Waals surface area contributed by atoms with E-state index in [4.69, 9.17) is 0 Å². The molecule has 0 radical (unpaired) electrons. The molecule has 0 unspecified atom stereocenters. The van der Waals surface area contributed by atoms with Gasteiger partial charge in [-0.15, -0.1) is 5.73 Å². The van der Waals surface area contributed by atoms with Gasteiger partial charge in [0.2, 0.25) is 0 Å². The molecule has 16 heavy (non-hydrogen) atoms. The second-order valence-electron chi connectivity index (χ2n) is 4.55. The molecule has 2 heteroatoms. The monoisotopic (exact) mass is 224 g/mol. The number of nitrogens with zero attached hydrogens (tertiary/aromatic N) is 1. The fourth-order valence-electron chi connectivity index (χ4n) is 1.56. The Morgan fingerprint density at radius 1 is 1.19 bits per heavy atom. The van der Waals surface area contributed by atoms with Crippen LogP contribution in [-0.2, 0) is 0 Å². The summed E-state index contributed by atoms with van der Waals surface area (Å²) in [5.41, 5.74) is 4.20. The first-order valence-electron chi connectivity index (χ1n) is 6.48. The van der Waals surface area contributed by atoms with Crippen LogP contribution in [0.2, 0.25) is 0 Å². The summed E-state index contributed by atoms with van der Waals surface area (Å²) in [4.78, 5) is 2.24. The Morgan fingerprint density at radius 2 is 1.94 bits per heavy atom. The highest BCUT2D eigenvalue weighted by Crippen LogP contribution is 2.06. The van der Waals surface area contributed by atoms with E-state index in [1.807, 2.05) is 0 Å². The predicted molar refractivity (Wildman–Crippen MR) is 72.6 cm³/mol. The molecule has 0 aliphatic rings. The van der Waals surface area contributed by atoms with Gasteiger partial charge in [-0.05, 0) is 46.3 Å². The Labute approximate surface area is 101 Å². The van der Waals surface area contributed by atoms with E-state index in [-0.39, 0.29) is 0 Å². The van der Waals surface area contributed by atoms with Gasteiger partial charge in [-0.1, -0.05) is 26.3 Å². The molecule has 0 saturated carbocycles. The minimum atomic E-state index is 1.06. The van der Waals surface area contributed by atoms with Gasteiger partial charge < -0.3 is 10.2 Å². The summed E-state index contributed by atoms with van der Waals surface area (Å²) in [5, 5.41) is 3.40. The number of unbranched alkanes of at least 4 members (excludes halogenated alkanes) is 3. The van der Waals surface area contributed by atoms with Crippen molar-refractivity contribution in [2.45, 2.75) is 45.4 Å². The third kappa shape index (κ3) is 9.82. The topological polar surface area (TPSA) is 15.3 Å². The number of allylic oxidation sites excluding steroid dienone is 1. The molecule has 2 nitrogen and oxygen atoms in total. The van der Waals surface area contributed by atoms with E-state index in [2.05, 4.69) is 43.5 Å². The zero-order valence-corrected chi connectivity index (χ0v) is 11.3. The Kier molecular flexibility index (Phi) is 10.3. The summed E-state index contributed by atoms with van der Waals surface area (Å²) in [7, 11) is 4.25. The lowest BCUT2D eigenvalue weighted by atomic mass is 10.1. The standard InChI is InChI=1S/C14H28N2/c1-5-7-12-15-14(6-2)11-9-8-10-13-16(3)4/h15H,2,5,7-13H2,1,3-4H3. The van der Waals surface area contributed by atoms with Crippen molar-refractivity contribution in [2.24, 2.45) is 0 Å². The van der Waals surface area contributed by atoms with Gasteiger partial charge in [-0.3, -0.25) is 0 Å². The van der Waals surface area contributed by atoms with Crippen molar-refractivity contribution in [3.05, 3.63) is 18.0 Å². The fourth-order valence-corrected chi connectivity index (χ4v) is 1.56. The van der Waals surface area contributed by atoms with E-state index in [1.54, 1.807) is 0 Å². The average Bonchev–Trinajstić information content (AvgIpc) is 2.26. The van der Waals surface area contributed by atoms with Gasteiger partial charge in [-0.25, -0.2) is 0 Å². The average molecular weight is 224 g/mol. The largest absolute Gasteiger partial charge is 0.382 e. The van der Waals surface area contributed by atoms with E-state index in [0.29, 0.717) is 0 Å². The van der Waals surface area contributed by atoms with E-state index in [1.165, 1.54) is 44.3 Å². The van der Waals surface area contributed by atoms with Gasteiger partial charge in [-0.2, -0.15) is 0 Å². The highest BCUT2D eigenvalue weighted by atomic mass is 15.0. The Morgan fingerprint density at radius 3 is 2.50 bits per heavy atom. The smallest absolute Gasteiger partial charge is 0.0531 e. The lowest BCUT2D eigenvalue weighted by Crippen LogP contribution is -2.14. The molecular formula is C14H28N2. The van der Waals surface area contributed by atoms with E-state index in [0.717, 1.165) is 13.0 Å². The minimum absolute atomic E-state index is 1.06. The molecule has 0 aliphatic heterocycles. The second kappa shape index (κ2) is 10.8. The summed E-state index contributed by atoms with van der Waals surface area (Å²) < 4.78 is 0. The molecule has 0 fully saturated rings. The second-order valence-corrected chi connectivity index (χ2v) is 4.55. The molecule has 0 atom stereocenters. The van der Waals surface area contributed by atoms with Crippen LogP contribution in [0.3, 0.4) is 0 Å². The Balaban J connectivity index is 3.45. The van der Waals surface area contributed by atoms with E-state index < -0.39 is 0 Å². The van der Waals surface area contributed by atoms with Crippen LogP contribution in [0, 0.1) is 0 Å². The van der Waals surface area contributed by atoms with Crippen molar-refractivity contribution in [2.75, 3.05) is 27.2 Å². The van der Waals surface area contributed by atoms with Crippen molar-refractivity contribution in [3.8, 4) is 0 Å². The number of hydrogen-bond donors (Lipinski definition) is 1. The summed E-state index contributed by atoms with van der Waals surface area (Å²) in [6.45, 7) is 8.20. The van der Waals surface area contributed by atoms with Crippen LogP contribution in [-0.4, -0.2) is 32.1 Å². The van der Waals surface area contributed by atoms with Crippen LogP contribution < -0.4 is 5.32 Å². The first kappa shape index (κ1) is 15.3. The SMILES string of the molecule is C=C=C(CCCCCN(C)C)NCCCC. The highest BCUT2D eigenvalue weighted by molar-refractivity contribution is 4.95. The lowest BCUT2D eigenvalue weighted by molar-refractivity contribution is 0.391. The van der Waals surface area contributed by atoms with Gasteiger partial charge in [0.15, 0.2) is 0 Å². The summed E-state index contributed by atoms with van der Waals surface area (Å²) >= 11 is 0. The number of hydrogen-bond acceptors (Lipinski definition) is 2. The van der Waals surface area contributed by atoms with Gasteiger partial charge in [0.25, 0.3) is 0 Å². The molecule has 0 aromatic rings. The van der Waals surface area contributed by atoms with Crippen molar-refractivity contribution in [1.82, 2.24) is 10.2 Å². The first-order chi connectivity index (χ1) is 7.70. The van der Waals surface area contributed by atoms with Gasteiger partial charge in [0.05, 0.1) is 5.70 Å². The predicted octanol–water partition coefficient (Wildman–Crippen LogP) is 3.17. The summed E-state index contributed by atoms with van der Waals surface area (Å²) in [6, 6.07) is 0. The number of rotatable bonds is 10. The van der Waals surface area contributed by atoms with Crippen LogP contribution in [0.4, 0.5) is 0 Å². The minimum Gasteiger partial charge on any atom is -0.382 e. The van der Waals surface area contributed by atoms with Crippen molar-refractivity contribution in [1.29, 1.82) is 0 Å². The van der Waals surface area contributed by atoms with Gasteiger partial charge in [0, 0.05) is 6.54 Å². The van der Waals surface area contributed by atoms with E-state index in [9.17, 15) is 0 Å². The molecule has 0 aromatic heterocycles.